The molecule has 2 aromatic carbocycles. The van der Waals surface area contributed by atoms with Crippen LogP contribution in [0.2, 0.25) is 0 Å². The van der Waals surface area contributed by atoms with Crippen LogP contribution < -0.4 is 19.1 Å². The van der Waals surface area contributed by atoms with Gasteiger partial charge in [-0.2, -0.15) is 8.42 Å². The summed E-state index contributed by atoms with van der Waals surface area (Å²) in [6.07, 6.45) is 4.22. The Labute approximate surface area is 218 Å². The Balaban J connectivity index is 1.56. The number of anilines is 1. The molecule has 2 unspecified atom stereocenters. The first kappa shape index (κ1) is 26.8. The number of carbonyl (C=O) groups excluding carboxylic acids is 2. The number of rotatable bonds is 7. The lowest BCUT2D eigenvalue weighted by atomic mass is 9.80. The minimum absolute atomic E-state index is 0.0160. The number of carbonyl (C=O) groups is 2. The molecule has 10 heteroatoms. The van der Waals surface area contributed by atoms with Crippen molar-refractivity contribution in [2.75, 3.05) is 10.8 Å². The van der Waals surface area contributed by atoms with Gasteiger partial charge < -0.3 is 14.8 Å². The highest BCUT2D eigenvalue weighted by Crippen LogP contribution is 2.35. The molecule has 1 saturated heterocycles. The van der Waals surface area contributed by atoms with E-state index in [2.05, 4.69) is 5.32 Å². The number of nitrogens with zero attached hydrogens (tertiary/aromatic N) is 1. The number of amides is 2. The Morgan fingerprint density at radius 3 is 2.49 bits per heavy atom. The molecule has 0 radical (unpaired) electrons. The summed E-state index contributed by atoms with van der Waals surface area (Å²) in [4.78, 5) is 24.3. The van der Waals surface area contributed by atoms with Crippen molar-refractivity contribution in [1.82, 2.24) is 10.0 Å². The Morgan fingerprint density at radius 2 is 1.81 bits per heavy atom. The summed E-state index contributed by atoms with van der Waals surface area (Å²) in [6.45, 7) is 5.47. The molecule has 2 aromatic rings. The zero-order chi connectivity index (χ0) is 26.6. The maximum atomic E-state index is 12.5. The van der Waals surface area contributed by atoms with E-state index in [4.69, 9.17) is 9.47 Å². The van der Waals surface area contributed by atoms with Crippen molar-refractivity contribution in [3.63, 3.8) is 0 Å². The van der Waals surface area contributed by atoms with Crippen LogP contribution in [0.25, 0.3) is 0 Å². The summed E-state index contributed by atoms with van der Waals surface area (Å²) in [7, 11) is -3.98. The normalized spacial score (nSPS) is 21.3. The number of hydrogen-bond acceptors (Lipinski definition) is 6. The van der Waals surface area contributed by atoms with Gasteiger partial charge in [0.05, 0.1) is 5.69 Å². The second-order valence-electron chi connectivity index (χ2n) is 10.6. The molecule has 0 aromatic heterocycles. The molecule has 0 bridgehead atoms. The second kappa shape index (κ2) is 11.0. The molecule has 1 saturated carbocycles. The fourth-order valence-electron chi connectivity index (χ4n) is 4.81. The highest BCUT2D eigenvalue weighted by Gasteiger charge is 2.36. The largest absolute Gasteiger partial charge is 0.487 e. The third-order valence-corrected chi connectivity index (χ3v) is 7.85. The molecule has 200 valence electrons. The zero-order valence-electron chi connectivity index (χ0n) is 21.5. The molecule has 1 aliphatic heterocycles. The molecule has 9 nitrogen and oxygen atoms in total. The highest BCUT2D eigenvalue weighted by atomic mass is 32.2. The van der Waals surface area contributed by atoms with Crippen LogP contribution in [0.15, 0.2) is 48.5 Å². The van der Waals surface area contributed by atoms with Gasteiger partial charge in [0.25, 0.3) is 5.91 Å². The molecule has 1 aliphatic carbocycles. The molecule has 37 heavy (non-hydrogen) atoms. The Hall–Kier alpha value is -3.27. The lowest BCUT2D eigenvalue weighted by molar-refractivity contribution is -0.117. The fourth-order valence-corrected chi connectivity index (χ4v) is 5.97. The van der Waals surface area contributed by atoms with E-state index in [0.29, 0.717) is 17.9 Å². The monoisotopic (exact) mass is 529 g/mol. The van der Waals surface area contributed by atoms with Crippen molar-refractivity contribution in [2.24, 2.45) is 5.92 Å². The van der Waals surface area contributed by atoms with Crippen LogP contribution in [-0.2, 0) is 32.8 Å². The molecule has 2 aliphatic rings. The van der Waals surface area contributed by atoms with E-state index in [9.17, 15) is 18.0 Å². The van der Waals surface area contributed by atoms with Crippen LogP contribution in [0.3, 0.4) is 0 Å². The van der Waals surface area contributed by atoms with Gasteiger partial charge in [0.2, 0.25) is 0 Å². The molecule has 2 atom stereocenters. The third-order valence-electron chi connectivity index (χ3n) is 6.46. The van der Waals surface area contributed by atoms with Crippen LogP contribution in [-0.4, -0.2) is 38.6 Å². The molecule has 1 heterocycles. The first-order chi connectivity index (χ1) is 17.5. The number of hydrogen-bond donors (Lipinski definition) is 2. The lowest BCUT2D eigenvalue weighted by Gasteiger charge is -2.33. The second-order valence-corrected chi connectivity index (χ2v) is 12.2. The van der Waals surface area contributed by atoms with Crippen molar-refractivity contribution >= 4 is 27.9 Å². The van der Waals surface area contributed by atoms with Crippen molar-refractivity contribution in [3.8, 4) is 5.75 Å². The molecular formula is C27H35N3O6S. The van der Waals surface area contributed by atoms with E-state index < -0.39 is 27.8 Å². The van der Waals surface area contributed by atoms with E-state index in [0.717, 1.165) is 41.1 Å². The standard InChI is InChI=1S/C27H35N3O6S/c1-27(2,3)36-26(32)28-22-12-8-7-11-21(22)15-20-13-14-23(30-17-25(31)29-37(30,33)34)24(16-20)35-18-19-9-5-4-6-10-19/h4-6,9-10,13-14,16,21-22H,7-8,11-12,15,17-18H2,1-3H3,(H,28,32)(H,29,31). The number of alkyl carbamates (subject to hydrolysis) is 1. The third kappa shape index (κ3) is 7.15. The van der Waals surface area contributed by atoms with Crippen molar-refractivity contribution < 1.29 is 27.5 Å². The summed E-state index contributed by atoms with van der Waals surface area (Å²) in [6, 6.07) is 15.0. The number of ether oxygens (including phenoxy) is 2. The SMILES string of the molecule is CC(C)(C)OC(=O)NC1CCCCC1Cc1ccc(N2CC(=O)NS2(=O)=O)c(OCc2ccccc2)c1. The Bertz CT molecular complexity index is 1230. The Kier molecular flexibility index (Phi) is 7.96. The smallest absolute Gasteiger partial charge is 0.407 e. The highest BCUT2D eigenvalue weighted by molar-refractivity contribution is 7.92. The Morgan fingerprint density at radius 1 is 1.08 bits per heavy atom. The van der Waals surface area contributed by atoms with E-state index in [-0.39, 0.29) is 25.1 Å². The van der Waals surface area contributed by atoms with Crippen LogP contribution in [0, 0.1) is 5.92 Å². The summed E-state index contributed by atoms with van der Waals surface area (Å²) in [5.74, 6) is -0.00176. The van der Waals surface area contributed by atoms with Gasteiger partial charge in [0.1, 0.15) is 24.5 Å². The fraction of sp³-hybridized carbons (Fsp3) is 0.481. The van der Waals surface area contributed by atoms with Gasteiger partial charge in [-0.25, -0.2) is 13.8 Å². The first-order valence-corrected chi connectivity index (χ1v) is 14.1. The minimum atomic E-state index is -3.98. The quantitative estimate of drug-likeness (QED) is 0.559. The van der Waals surface area contributed by atoms with E-state index >= 15 is 0 Å². The predicted molar refractivity (Wildman–Crippen MR) is 140 cm³/mol. The van der Waals surface area contributed by atoms with Crippen LogP contribution in [0.4, 0.5) is 10.5 Å². The summed E-state index contributed by atoms with van der Waals surface area (Å²) in [5, 5.41) is 3.05. The molecule has 2 amide bonds. The van der Waals surface area contributed by atoms with E-state index in [1.54, 1.807) is 6.07 Å². The number of nitrogens with one attached hydrogen (secondary N) is 2. The van der Waals surface area contributed by atoms with Crippen molar-refractivity contribution in [3.05, 3.63) is 59.7 Å². The summed E-state index contributed by atoms with van der Waals surface area (Å²) >= 11 is 0. The maximum absolute atomic E-state index is 12.5. The minimum Gasteiger partial charge on any atom is -0.487 e. The lowest BCUT2D eigenvalue weighted by Crippen LogP contribution is -2.45. The van der Waals surface area contributed by atoms with Gasteiger partial charge in [-0.3, -0.25) is 4.79 Å². The molecule has 0 spiro atoms. The summed E-state index contributed by atoms with van der Waals surface area (Å²) in [5.41, 5.74) is 1.64. The first-order valence-electron chi connectivity index (χ1n) is 12.6. The van der Waals surface area contributed by atoms with E-state index in [1.165, 1.54) is 0 Å². The maximum Gasteiger partial charge on any atom is 0.407 e. The van der Waals surface area contributed by atoms with E-state index in [1.807, 2.05) is 68.0 Å². The van der Waals surface area contributed by atoms with Gasteiger partial charge in [-0.05, 0) is 69.2 Å². The number of benzene rings is 2. The van der Waals surface area contributed by atoms with Gasteiger partial charge in [0, 0.05) is 6.04 Å². The topological polar surface area (TPSA) is 114 Å². The van der Waals surface area contributed by atoms with Gasteiger partial charge in [-0.1, -0.05) is 49.2 Å². The average Bonchev–Trinajstić information content (AvgIpc) is 3.10. The predicted octanol–water partition coefficient (Wildman–Crippen LogP) is 4.07. The van der Waals surface area contributed by atoms with Gasteiger partial charge in [-0.15, -0.1) is 0 Å². The molecular weight excluding hydrogens is 494 g/mol. The molecule has 2 fully saturated rings. The van der Waals surface area contributed by atoms with Crippen LogP contribution in [0.1, 0.15) is 57.6 Å². The average molecular weight is 530 g/mol. The van der Waals surface area contributed by atoms with Gasteiger partial charge in [0.15, 0.2) is 0 Å². The summed E-state index contributed by atoms with van der Waals surface area (Å²) < 4.78 is 39.7. The molecule has 4 rings (SSSR count). The molecule has 2 N–H and O–H groups in total. The van der Waals surface area contributed by atoms with Crippen molar-refractivity contribution in [1.29, 1.82) is 0 Å². The van der Waals surface area contributed by atoms with Crippen molar-refractivity contribution in [2.45, 2.75) is 71.1 Å². The van der Waals surface area contributed by atoms with Crippen LogP contribution >= 0.6 is 0 Å². The van der Waals surface area contributed by atoms with Gasteiger partial charge >= 0.3 is 16.3 Å². The van der Waals surface area contributed by atoms with Crippen LogP contribution in [0.5, 0.6) is 5.75 Å². The zero-order valence-corrected chi connectivity index (χ0v) is 22.3.